The fourth-order valence-electron chi connectivity index (χ4n) is 0.803. The molecule has 0 aliphatic carbocycles. The molecule has 1 rings (SSSR count). The van der Waals surface area contributed by atoms with Crippen molar-refractivity contribution in [3.05, 3.63) is 21.9 Å². The molecule has 1 aromatic heterocycles. The molecular weight excluding hydrogens is 201 g/mol. The zero-order chi connectivity index (χ0) is 9.30. The van der Waals surface area contributed by atoms with Gasteiger partial charge >= 0.3 is 5.97 Å². The molecule has 0 saturated heterocycles. The van der Waals surface area contributed by atoms with Gasteiger partial charge in [0.05, 0.1) is 12.7 Å². The van der Waals surface area contributed by atoms with E-state index >= 15 is 0 Å². The van der Waals surface area contributed by atoms with Gasteiger partial charge in [-0.15, -0.1) is 0 Å². The summed E-state index contributed by atoms with van der Waals surface area (Å²) >= 11 is 11.5. The molecule has 0 spiro atoms. The largest absolute Gasteiger partial charge is 0.465 e. The summed E-state index contributed by atoms with van der Waals surface area (Å²) in [6, 6.07) is 1.47. The van der Waals surface area contributed by atoms with Crippen molar-refractivity contribution in [2.75, 3.05) is 7.11 Å². The number of rotatable bonds is 1. The number of hydrogen-bond donors (Lipinski definition) is 0. The first-order chi connectivity index (χ1) is 5.57. The monoisotopic (exact) mass is 207 g/mol. The van der Waals surface area contributed by atoms with Crippen LogP contribution < -0.4 is 0 Å². The maximum Gasteiger partial charge on any atom is 0.341 e. The second kappa shape index (κ2) is 3.37. The van der Waals surface area contributed by atoms with Gasteiger partial charge in [-0.1, -0.05) is 23.2 Å². The quantitative estimate of drug-likeness (QED) is 0.662. The van der Waals surface area contributed by atoms with Crippen LogP contribution in [0.1, 0.15) is 10.4 Å². The van der Waals surface area contributed by atoms with Crippen LogP contribution in [0, 0.1) is 0 Å². The molecule has 0 fully saturated rings. The Morgan fingerprint density at radius 1 is 1.58 bits per heavy atom. The van der Waals surface area contributed by atoms with Gasteiger partial charge in [0.25, 0.3) is 0 Å². The number of nitrogens with zero attached hydrogens (tertiary/aromatic N) is 1. The Morgan fingerprint density at radius 3 is 2.50 bits per heavy atom. The first kappa shape index (κ1) is 9.42. The highest BCUT2D eigenvalue weighted by Crippen LogP contribution is 2.23. The fourth-order valence-corrected chi connectivity index (χ4v) is 1.26. The number of carbonyl (C=O) groups excluding carboxylic acids is 1. The third-order valence-corrected chi connectivity index (χ3v) is 2.33. The zero-order valence-corrected chi connectivity index (χ0v) is 8.11. The van der Waals surface area contributed by atoms with Crippen molar-refractivity contribution in [1.29, 1.82) is 0 Å². The molecule has 66 valence electrons. The number of ether oxygens (including phenoxy) is 1. The summed E-state index contributed by atoms with van der Waals surface area (Å²) in [7, 11) is 2.96. The molecule has 0 saturated carbocycles. The van der Waals surface area contributed by atoms with E-state index in [9.17, 15) is 4.79 Å². The molecule has 0 N–H and O–H groups in total. The summed E-state index contributed by atoms with van der Waals surface area (Å²) in [5.41, 5.74) is 0.284. The van der Waals surface area contributed by atoms with E-state index in [-0.39, 0.29) is 10.7 Å². The molecular formula is C7H7Cl2NO2. The Balaban J connectivity index is 3.17. The van der Waals surface area contributed by atoms with E-state index in [1.165, 1.54) is 17.7 Å². The molecule has 5 heteroatoms. The molecule has 0 atom stereocenters. The van der Waals surface area contributed by atoms with Crippen molar-refractivity contribution < 1.29 is 9.53 Å². The highest BCUT2D eigenvalue weighted by molar-refractivity contribution is 6.36. The summed E-state index contributed by atoms with van der Waals surface area (Å²) in [5, 5.41) is 0.687. The van der Waals surface area contributed by atoms with Crippen LogP contribution in [-0.2, 0) is 11.8 Å². The Labute approximate surface area is 79.8 Å². The SMILES string of the molecule is COC(=O)c1cc(Cl)n(C)c1Cl. The molecule has 0 aliphatic rings. The van der Waals surface area contributed by atoms with Gasteiger partial charge in [-0.3, -0.25) is 0 Å². The Bertz CT molecular complexity index is 319. The van der Waals surface area contributed by atoms with Gasteiger partial charge in [0.15, 0.2) is 0 Å². The van der Waals surface area contributed by atoms with Crippen molar-refractivity contribution >= 4 is 29.2 Å². The minimum Gasteiger partial charge on any atom is -0.465 e. The molecule has 0 aliphatic heterocycles. The molecule has 3 nitrogen and oxygen atoms in total. The number of hydrogen-bond acceptors (Lipinski definition) is 2. The average molecular weight is 208 g/mol. The molecule has 1 heterocycles. The van der Waals surface area contributed by atoms with E-state index in [0.717, 1.165) is 0 Å². The van der Waals surface area contributed by atoms with Crippen molar-refractivity contribution in [2.24, 2.45) is 7.05 Å². The van der Waals surface area contributed by atoms with Crippen LogP contribution in [0.3, 0.4) is 0 Å². The summed E-state index contributed by atoms with van der Waals surface area (Å²) < 4.78 is 5.99. The minimum atomic E-state index is -0.484. The van der Waals surface area contributed by atoms with Gasteiger partial charge < -0.3 is 9.30 Å². The van der Waals surface area contributed by atoms with Crippen LogP contribution in [0.2, 0.25) is 10.3 Å². The lowest BCUT2D eigenvalue weighted by Gasteiger charge is -1.97. The Kier molecular flexibility index (Phi) is 2.65. The summed E-state index contributed by atoms with van der Waals surface area (Å²) in [5.74, 6) is -0.484. The number of methoxy groups -OCH3 is 1. The van der Waals surface area contributed by atoms with Crippen molar-refractivity contribution in [3.63, 3.8) is 0 Å². The fraction of sp³-hybridized carbons (Fsp3) is 0.286. The van der Waals surface area contributed by atoms with Gasteiger partial charge in [0, 0.05) is 7.05 Å². The second-order valence-corrected chi connectivity index (χ2v) is 2.97. The van der Waals surface area contributed by atoms with E-state index in [1.807, 2.05) is 0 Å². The van der Waals surface area contributed by atoms with E-state index < -0.39 is 5.97 Å². The third kappa shape index (κ3) is 1.42. The van der Waals surface area contributed by atoms with Crippen LogP contribution in [0.25, 0.3) is 0 Å². The maximum atomic E-state index is 11.0. The third-order valence-electron chi connectivity index (χ3n) is 1.51. The van der Waals surface area contributed by atoms with Gasteiger partial charge in [-0.25, -0.2) is 4.79 Å². The van der Waals surface area contributed by atoms with Crippen LogP contribution >= 0.6 is 23.2 Å². The number of halogens is 2. The summed E-state index contributed by atoms with van der Waals surface area (Å²) in [6.07, 6.45) is 0. The van der Waals surface area contributed by atoms with Crippen molar-refractivity contribution in [2.45, 2.75) is 0 Å². The first-order valence-corrected chi connectivity index (χ1v) is 3.92. The molecule has 0 unspecified atom stereocenters. The zero-order valence-electron chi connectivity index (χ0n) is 6.60. The van der Waals surface area contributed by atoms with Crippen LogP contribution in [0.5, 0.6) is 0 Å². The van der Waals surface area contributed by atoms with E-state index in [1.54, 1.807) is 7.05 Å². The highest BCUT2D eigenvalue weighted by Gasteiger charge is 2.16. The molecule has 12 heavy (non-hydrogen) atoms. The highest BCUT2D eigenvalue weighted by atomic mass is 35.5. The summed E-state index contributed by atoms with van der Waals surface area (Å²) in [6.45, 7) is 0. The molecule has 0 radical (unpaired) electrons. The lowest BCUT2D eigenvalue weighted by molar-refractivity contribution is 0.0601. The standard InChI is InChI=1S/C7H7Cl2NO2/c1-10-5(8)3-4(6(10)9)7(11)12-2/h3H,1-2H3. The summed E-state index contributed by atoms with van der Waals surface area (Å²) in [4.78, 5) is 11.0. The van der Waals surface area contributed by atoms with Crippen LogP contribution in [-0.4, -0.2) is 17.6 Å². The Hall–Kier alpha value is -0.670. The second-order valence-electron chi connectivity index (χ2n) is 2.22. The Morgan fingerprint density at radius 2 is 2.17 bits per heavy atom. The average Bonchev–Trinajstić information content (AvgIpc) is 2.32. The van der Waals surface area contributed by atoms with Gasteiger partial charge in [0.1, 0.15) is 10.3 Å². The predicted octanol–water partition coefficient (Wildman–Crippen LogP) is 2.12. The van der Waals surface area contributed by atoms with Crippen LogP contribution in [0.15, 0.2) is 6.07 Å². The topological polar surface area (TPSA) is 31.2 Å². The number of esters is 1. The molecule has 1 aromatic rings. The molecule has 0 bridgehead atoms. The van der Waals surface area contributed by atoms with Gasteiger partial charge in [0.2, 0.25) is 0 Å². The first-order valence-electron chi connectivity index (χ1n) is 3.17. The van der Waals surface area contributed by atoms with Crippen molar-refractivity contribution in [1.82, 2.24) is 4.57 Å². The maximum absolute atomic E-state index is 11.0. The minimum absolute atomic E-state index is 0.284. The molecule has 0 amide bonds. The van der Waals surface area contributed by atoms with Gasteiger partial charge in [-0.05, 0) is 6.07 Å². The van der Waals surface area contributed by atoms with E-state index in [4.69, 9.17) is 23.2 Å². The van der Waals surface area contributed by atoms with E-state index in [0.29, 0.717) is 5.15 Å². The number of carbonyl (C=O) groups is 1. The van der Waals surface area contributed by atoms with Gasteiger partial charge in [-0.2, -0.15) is 0 Å². The van der Waals surface area contributed by atoms with Crippen LogP contribution in [0.4, 0.5) is 0 Å². The predicted molar refractivity (Wildman–Crippen MR) is 46.8 cm³/mol. The van der Waals surface area contributed by atoms with E-state index in [2.05, 4.69) is 4.74 Å². The lowest BCUT2D eigenvalue weighted by atomic mass is 10.3. The normalized spacial score (nSPS) is 10.0. The van der Waals surface area contributed by atoms with Crippen molar-refractivity contribution in [3.8, 4) is 0 Å². The lowest BCUT2D eigenvalue weighted by Crippen LogP contribution is -2.00. The number of aromatic nitrogens is 1. The smallest absolute Gasteiger partial charge is 0.341 e. The molecule has 0 aromatic carbocycles.